The van der Waals surface area contributed by atoms with E-state index in [1.165, 1.54) is 31.1 Å². The van der Waals surface area contributed by atoms with Gasteiger partial charge in [0.25, 0.3) is 0 Å². The molecule has 0 heterocycles. The number of hydrogen-bond acceptors (Lipinski definition) is 3. The van der Waals surface area contributed by atoms with E-state index in [0.29, 0.717) is 6.42 Å². The van der Waals surface area contributed by atoms with Crippen LogP contribution in [-0.4, -0.2) is 18.8 Å². The molecule has 0 unspecified atom stereocenters. The van der Waals surface area contributed by atoms with Gasteiger partial charge in [0.1, 0.15) is 0 Å². The average molecular weight is 264 g/mol. The SMILES string of the molecule is COC(=O)CC1(CSCc2ccc(C)cc2)CC1. The molecular formula is C15H20O2S. The average Bonchev–Trinajstić information content (AvgIpc) is 3.11. The van der Waals surface area contributed by atoms with Crippen LogP contribution in [0.25, 0.3) is 0 Å². The molecule has 0 atom stereocenters. The number of benzene rings is 1. The molecule has 0 aliphatic heterocycles. The van der Waals surface area contributed by atoms with Gasteiger partial charge in [0.15, 0.2) is 0 Å². The topological polar surface area (TPSA) is 26.3 Å². The molecule has 3 heteroatoms. The van der Waals surface area contributed by atoms with E-state index >= 15 is 0 Å². The lowest BCUT2D eigenvalue weighted by molar-refractivity contribution is -0.141. The molecule has 1 aliphatic carbocycles. The third-order valence-electron chi connectivity index (χ3n) is 3.50. The van der Waals surface area contributed by atoms with Gasteiger partial charge < -0.3 is 4.74 Å². The number of hydrogen-bond donors (Lipinski definition) is 0. The molecule has 0 bridgehead atoms. The summed E-state index contributed by atoms with van der Waals surface area (Å²) in [5.41, 5.74) is 2.90. The third kappa shape index (κ3) is 3.77. The van der Waals surface area contributed by atoms with Crippen LogP contribution in [0.3, 0.4) is 0 Å². The molecule has 0 N–H and O–H groups in total. The van der Waals surface area contributed by atoms with Crippen molar-refractivity contribution in [3.8, 4) is 0 Å². The predicted molar refractivity (Wildman–Crippen MR) is 75.6 cm³/mol. The highest BCUT2D eigenvalue weighted by molar-refractivity contribution is 7.98. The summed E-state index contributed by atoms with van der Waals surface area (Å²) in [4.78, 5) is 11.3. The largest absolute Gasteiger partial charge is 0.469 e. The number of rotatable bonds is 6. The second kappa shape index (κ2) is 5.79. The standard InChI is InChI=1S/C15H20O2S/c1-12-3-5-13(6-4-12)10-18-11-15(7-8-15)9-14(16)17-2/h3-6H,7-11H2,1-2H3. The zero-order chi connectivity index (χ0) is 13.0. The summed E-state index contributed by atoms with van der Waals surface area (Å²) in [6.45, 7) is 2.10. The first-order chi connectivity index (χ1) is 8.63. The van der Waals surface area contributed by atoms with E-state index in [-0.39, 0.29) is 11.4 Å². The van der Waals surface area contributed by atoms with Crippen molar-refractivity contribution in [3.05, 3.63) is 35.4 Å². The second-order valence-corrected chi connectivity index (χ2v) is 6.22. The van der Waals surface area contributed by atoms with Gasteiger partial charge in [-0.1, -0.05) is 29.8 Å². The maximum atomic E-state index is 11.3. The van der Waals surface area contributed by atoms with Gasteiger partial charge in [0, 0.05) is 5.75 Å². The summed E-state index contributed by atoms with van der Waals surface area (Å²) in [5, 5.41) is 0. The molecule has 2 rings (SSSR count). The highest BCUT2D eigenvalue weighted by Crippen LogP contribution is 2.51. The number of thioether (sulfide) groups is 1. The maximum absolute atomic E-state index is 11.3. The Morgan fingerprint density at radius 3 is 2.56 bits per heavy atom. The Bertz CT molecular complexity index is 407. The van der Waals surface area contributed by atoms with Crippen molar-refractivity contribution in [2.24, 2.45) is 5.41 Å². The lowest BCUT2D eigenvalue weighted by Gasteiger charge is -2.13. The van der Waals surface area contributed by atoms with Gasteiger partial charge in [0.2, 0.25) is 0 Å². The molecule has 1 aromatic carbocycles. The zero-order valence-electron chi connectivity index (χ0n) is 11.1. The van der Waals surface area contributed by atoms with Crippen LogP contribution in [0.1, 0.15) is 30.4 Å². The maximum Gasteiger partial charge on any atom is 0.306 e. The fraction of sp³-hybridized carbons (Fsp3) is 0.533. The third-order valence-corrected chi connectivity index (χ3v) is 4.86. The van der Waals surface area contributed by atoms with E-state index in [9.17, 15) is 4.79 Å². The summed E-state index contributed by atoms with van der Waals surface area (Å²) in [7, 11) is 1.47. The van der Waals surface area contributed by atoms with Crippen molar-refractivity contribution in [3.63, 3.8) is 0 Å². The van der Waals surface area contributed by atoms with Crippen molar-refractivity contribution < 1.29 is 9.53 Å². The molecule has 0 spiro atoms. The number of carbonyl (C=O) groups is 1. The van der Waals surface area contributed by atoms with Gasteiger partial charge in [-0.25, -0.2) is 0 Å². The van der Waals surface area contributed by atoms with E-state index in [1.807, 2.05) is 11.8 Å². The molecule has 0 saturated heterocycles. The van der Waals surface area contributed by atoms with E-state index < -0.39 is 0 Å². The Hall–Kier alpha value is -0.960. The molecule has 1 aromatic rings. The first kappa shape index (κ1) is 13.5. The molecule has 2 nitrogen and oxygen atoms in total. The van der Waals surface area contributed by atoms with Gasteiger partial charge in [-0.05, 0) is 36.5 Å². The van der Waals surface area contributed by atoms with Crippen molar-refractivity contribution in [1.29, 1.82) is 0 Å². The Kier molecular flexibility index (Phi) is 4.33. The highest BCUT2D eigenvalue weighted by atomic mass is 32.2. The lowest BCUT2D eigenvalue weighted by atomic mass is 10.1. The van der Waals surface area contributed by atoms with Crippen molar-refractivity contribution in [1.82, 2.24) is 0 Å². The van der Waals surface area contributed by atoms with Crippen molar-refractivity contribution >= 4 is 17.7 Å². The van der Waals surface area contributed by atoms with Gasteiger partial charge in [0.05, 0.1) is 13.5 Å². The van der Waals surface area contributed by atoms with E-state index in [4.69, 9.17) is 4.74 Å². The number of aryl methyl sites for hydroxylation is 1. The molecule has 1 fully saturated rings. The molecule has 0 radical (unpaired) electrons. The van der Waals surface area contributed by atoms with Crippen LogP contribution in [0, 0.1) is 12.3 Å². The number of carbonyl (C=O) groups excluding carboxylic acids is 1. The van der Waals surface area contributed by atoms with Crippen LogP contribution in [0.2, 0.25) is 0 Å². The van der Waals surface area contributed by atoms with Crippen LogP contribution in [0.4, 0.5) is 0 Å². The summed E-state index contributed by atoms with van der Waals surface area (Å²) in [6, 6.07) is 8.67. The molecule has 1 saturated carbocycles. The Morgan fingerprint density at radius 2 is 2.00 bits per heavy atom. The minimum Gasteiger partial charge on any atom is -0.469 e. The Morgan fingerprint density at radius 1 is 1.33 bits per heavy atom. The fourth-order valence-corrected chi connectivity index (χ4v) is 3.35. The molecule has 18 heavy (non-hydrogen) atoms. The van der Waals surface area contributed by atoms with Gasteiger partial charge in [-0.15, -0.1) is 0 Å². The molecule has 98 valence electrons. The monoisotopic (exact) mass is 264 g/mol. The van der Waals surface area contributed by atoms with Crippen LogP contribution in [0.15, 0.2) is 24.3 Å². The number of esters is 1. The number of methoxy groups -OCH3 is 1. The van der Waals surface area contributed by atoms with Gasteiger partial charge in [-0.3, -0.25) is 4.79 Å². The van der Waals surface area contributed by atoms with Crippen molar-refractivity contribution in [2.45, 2.75) is 31.9 Å². The summed E-state index contributed by atoms with van der Waals surface area (Å²) in [6.07, 6.45) is 2.93. The van der Waals surface area contributed by atoms with Crippen LogP contribution in [0.5, 0.6) is 0 Å². The fourth-order valence-electron chi connectivity index (χ4n) is 2.00. The first-order valence-electron chi connectivity index (χ1n) is 6.34. The zero-order valence-corrected chi connectivity index (χ0v) is 11.9. The van der Waals surface area contributed by atoms with E-state index in [1.54, 1.807) is 0 Å². The molecule has 1 aliphatic rings. The summed E-state index contributed by atoms with van der Waals surface area (Å²) >= 11 is 1.93. The Balaban J connectivity index is 1.75. The van der Waals surface area contributed by atoms with Crippen molar-refractivity contribution in [2.75, 3.05) is 12.9 Å². The molecule has 0 aromatic heterocycles. The summed E-state index contributed by atoms with van der Waals surface area (Å²) < 4.78 is 4.76. The predicted octanol–water partition coefficient (Wildman–Crippen LogP) is 3.57. The lowest BCUT2D eigenvalue weighted by Crippen LogP contribution is -2.13. The molecular weight excluding hydrogens is 244 g/mol. The summed E-state index contributed by atoms with van der Waals surface area (Å²) in [5.74, 6) is 2.03. The quantitative estimate of drug-likeness (QED) is 0.735. The smallest absolute Gasteiger partial charge is 0.306 e. The van der Waals surface area contributed by atoms with Gasteiger partial charge >= 0.3 is 5.97 Å². The van der Waals surface area contributed by atoms with E-state index in [2.05, 4.69) is 31.2 Å². The van der Waals surface area contributed by atoms with Crippen LogP contribution in [-0.2, 0) is 15.3 Å². The Labute approximate surface area is 113 Å². The van der Waals surface area contributed by atoms with E-state index in [0.717, 1.165) is 11.5 Å². The van der Waals surface area contributed by atoms with Crippen LogP contribution >= 0.6 is 11.8 Å². The normalized spacial score (nSPS) is 16.3. The number of ether oxygens (including phenoxy) is 1. The first-order valence-corrected chi connectivity index (χ1v) is 7.49. The minimum absolute atomic E-state index is 0.0663. The molecule has 0 amide bonds. The van der Waals surface area contributed by atoms with Crippen LogP contribution < -0.4 is 0 Å². The van der Waals surface area contributed by atoms with Gasteiger partial charge in [-0.2, -0.15) is 11.8 Å². The highest BCUT2D eigenvalue weighted by Gasteiger charge is 2.44. The minimum atomic E-state index is -0.0663. The second-order valence-electron chi connectivity index (χ2n) is 5.23.